The average molecular weight is 419 g/mol. The minimum Gasteiger partial charge on any atom is -0.497 e. The molecule has 0 aliphatic rings. The smallest absolute Gasteiger partial charge is 0.279 e. The quantitative estimate of drug-likeness (QED) is 0.500. The van der Waals surface area contributed by atoms with Crippen molar-refractivity contribution in [3.8, 4) is 5.75 Å². The number of ether oxygens (including phenoxy) is 1. The van der Waals surface area contributed by atoms with Gasteiger partial charge in [0.2, 0.25) is 0 Å². The van der Waals surface area contributed by atoms with E-state index in [0.29, 0.717) is 5.69 Å². The molecule has 0 radical (unpaired) electrons. The van der Waals surface area contributed by atoms with Gasteiger partial charge in [0, 0.05) is 11.4 Å². The van der Waals surface area contributed by atoms with Gasteiger partial charge in [-0.25, -0.2) is 0 Å². The predicted octanol–water partition coefficient (Wildman–Crippen LogP) is 2.38. The SMILES string of the molecule is COc1ccc(NC(=O)C[NH+](C)CC(=O)Nc2ccccc2Cc2ccccc2)cc1. The molecule has 0 saturated heterocycles. The Bertz CT molecular complexity index is 1000. The second-order valence-corrected chi connectivity index (χ2v) is 7.46. The summed E-state index contributed by atoms with van der Waals surface area (Å²) in [5.41, 5.74) is 3.73. The van der Waals surface area contributed by atoms with Crippen LogP contribution in [0, 0.1) is 0 Å². The highest BCUT2D eigenvalue weighted by Gasteiger charge is 2.15. The molecule has 0 heterocycles. The fraction of sp³-hybridized carbons (Fsp3) is 0.200. The lowest BCUT2D eigenvalue weighted by Crippen LogP contribution is -3.11. The monoisotopic (exact) mass is 418 g/mol. The molecule has 6 nitrogen and oxygen atoms in total. The van der Waals surface area contributed by atoms with E-state index in [4.69, 9.17) is 4.74 Å². The van der Waals surface area contributed by atoms with Gasteiger partial charge in [-0.1, -0.05) is 48.5 Å². The zero-order valence-electron chi connectivity index (χ0n) is 17.9. The van der Waals surface area contributed by atoms with Crippen molar-refractivity contribution in [1.29, 1.82) is 0 Å². The van der Waals surface area contributed by atoms with Gasteiger partial charge in [-0.05, 0) is 47.9 Å². The van der Waals surface area contributed by atoms with E-state index < -0.39 is 0 Å². The Hall–Kier alpha value is -3.64. The number of amides is 2. The van der Waals surface area contributed by atoms with Crippen LogP contribution in [0.2, 0.25) is 0 Å². The van der Waals surface area contributed by atoms with Crippen LogP contribution in [0.25, 0.3) is 0 Å². The summed E-state index contributed by atoms with van der Waals surface area (Å²) in [6.45, 7) is 0.376. The van der Waals surface area contributed by atoms with Crippen LogP contribution in [-0.2, 0) is 16.0 Å². The van der Waals surface area contributed by atoms with Gasteiger partial charge in [-0.2, -0.15) is 0 Å². The highest BCUT2D eigenvalue weighted by Crippen LogP contribution is 2.19. The lowest BCUT2D eigenvalue weighted by Gasteiger charge is -2.15. The van der Waals surface area contributed by atoms with Gasteiger partial charge in [0.25, 0.3) is 11.8 Å². The summed E-state index contributed by atoms with van der Waals surface area (Å²) in [5.74, 6) is 0.445. The molecule has 3 aromatic carbocycles. The third-order valence-electron chi connectivity index (χ3n) is 4.83. The average Bonchev–Trinajstić information content (AvgIpc) is 2.76. The first-order valence-corrected chi connectivity index (χ1v) is 10.2. The molecule has 0 fully saturated rings. The third-order valence-corrected chi connectivity index (χ3v) is 4.83. The zero-order valence-corrected chi connectivity index (χ0v) is 17.9. The summed E-state index contributed by atoms with van der Waals surface area (Å²) in [4.78, 5) is 25.6. The topological polar surface area (TPSA) is 71.9 Å². The van der Waals surface area contributed by atoms with Gasteiger partial charge >= 0.3 is 0 Å². The van der Waals surface area contributed by atoms with Crippen LogP contribution < -0.4 is 20.3 Å². The van der Waals surface area contributed by atoms with Crippen LogP contribution in [0.1, 0.15) is 11.1 Å². The summed E-state index contributed by atoms with van der Waals surface area (Å²) < 4.78 is 5.11. The van der Waals surface area contributed by atoms with Crippen LogP contribution in [0.4, 0.5) is 11.4 Å². The van der Waals surface area contributed by atoms with E-state index in [0.717, 1.165) is 28.3 Å². The fourth-order valence-corrected chi connectivity index (χ4v) is 3.30. The number of quaternary nitrogens is 1. The standard InChI is InChI=1S/C25H27N3O3/c1-28(17-24(29)26-21-12-14-22(31-2)15-13-21)18-25(30)27-23-11-7-6-10-20(23)16-19-8-4-3-5-9-19/h3-15H,16-18H2,1-2H3,(H,26,29)(H,27,30)/p+1. The van der Waals surface area contributed by atoms with Crippen LogP contribution in [0.15, 0.2) is 78.9 Å². The molecule has 0 aliphatic carbocycles. The minimum absolute atomic E-state index is 0.129. The molecule has 0 bridgehead atoms. The molecule has 3 rings (SSSR count). The Kier molecular flexibility index (Phi) is 7.79. The Morgan fingerprint density at radius 1 is 0.806 bits per heavy atom. The van der Waals surface area contributed by atoms with Crippen molar-refractivity contribution in [1.82, 2.24) is 0 Å². The van der Waals surface area contributed by atoms with Gasteiger partial charge in [0.05, 0.1) is 14.2 Å². The van der Waals surface area contributed by atoms with Crippen molar-refractivity contribution < 1.29 is 19.2 Å². The van der Waals surface area contributed by atoms with Crippen molar-refractivity contribution in [2.75, 3.05) is 37.9 Å². The number of methoxy groups -OCH3 is 1. The van der Waals surface area contributed by atoms with Gasteiger partial charge < -0.3 is 20.3 Å². The predicted molar refractivity (Wildman–Crippen MR) is 123 cm³/mol. The second-order valence-electron chi connectivity index (χ2n) is 7.46. The van der Waals surface area contributed by atoms with E-state index in [1.165, 1.54) is 5.56 Å². The molecule has 6 heteroatoms. The number of anilines is 2. The molecule has 1 unspecified atom stereocenters. The lowest BCUT2D eigenvalue weighted by atomic mass is 10.0. The van der Waals surface area contributed by atoms with Gasteiger partial charge in [0.1, 0.15) is 5.75 Å². The molecule has 160 valence electrons. The number of benzene rings is 3. The maximum atomic E-state index is 12.6. The number of hydrogen-bond acceptors (Lipinski definition) is 3. The first-order valence-electron chi connectivity index (χ1n) is 10.2. The lowest BCUT2D eigenvalue weighted by molar-refractivity contribution is -0.862. The van der Waals surface area contributed by atoms with Crippen molar-refractivity contribution in [2.45, 2.75) is 6.42 Å². The van der Waals surface area contributed by atoms with E-state index in [2.05, 4.69) is 22.8 Å². The first-order chi connectivity index (χ1) is 15.0. The van der Waals surface area contributed by atoms with Crippen LogP contribution in [-0.4, -0.2) is 39.1 Å². The molecule has 3 aromatic rings. The number of carbonyl (C=O) groups excluding carboxylic acids is 2. The highest BCUT2D eigenvalue weighted by atomic mass is 16.5. The van der Waals surface area contributed by atoms with Crippen LogP contribution in [0.5, 0.6) is 5.75 Å². The Morgan fingerprint density at radius 3 is 2.10 bits per heavy atom. The van der Waals surface area contributed by atoms with E-state index in [-0.39, 0.29) is 24.9 Å². The van der Waals surface area contributed by atoms with E-state index >= 15 is 0 Å². The van der Waals surface area contributed by atoms with E-state index in [1.807, 2.05) is 49.5 Å². The highest BCUT2D eigenvalue weighted by molar-refractivity contribution is 5.93. The summed E-state index contributed by atoms with van der Waals surface area (Å²) in [6.07, 6.45) is 0.740. The summed E-state index contributed by atoms with van der Waals surface area (Å²) in [5, 5.41) is 5.83. The van der Waals surface area contributed by atoms with E-state index in [9.17, 15) is 9.59 Å². The summed E-state index contributed by atoms with van der Waals surface area (Å²) in [7, 11) is 3.42. The second kappa shape index (κ2) is 10.9. The van der Waals surface area contributed by atoms with Crippen molar-refractivity contribution in [3.63, 3.8) is 0 Å². The minimum atomic E-state index is -0.153. The number of rotatable bonds is 9. The molecular weight excluding hydrogens is 390 g/mol. The van der Waals surface area contributed by atoms with Crippen LogP contribution >= 0.6 is 0 Å². The van der Waals surface area contributed by atoms with Crippen LogP contribution in [0.3, 0.4) is 0 Å². The van der Waals surface area contributed by atoms with Gasteiger partial charge in [-0.3, -0.25) is 9.59 Å². The Balaban J connectivity index is 1.51. The maximum absolute atomic E-state index is 12.6. The van der Waals surface area contributed by atoms with Gasteiger partial charge in [-0.15, -0.1) is 0 Å². The summed E-state index contributed by atoms with van der Waals surface area (Å²) in [6, 6.07) is 25.1. The normalized spacial score (nSPS) is 11.4. The number of carbonyl (C=O) groups is 2. The van der Waals surface area contributed by atoms with Crippen molar-refractivity contribution >= 4 is 23.2 Å². The molecule has 31 heavy (non-hydrogen) atoms. The molecule has 0 aromatic heterocycles. The van der Waals surface area contributed by atoms with Crippen molar-refractivity contribution in [3.05, 3.63) is 90.0 Å². The zero-order chi connectivity index (χ0) is 22.1. The summed E-state index contributed by atoms with van der Waals surface area (Å²) >= 11 is 0. The third kappa shape index (κ3) is 6.97. The molecular formula is C25H28N3O3+. The molecule has 1 atom stereocenters. The van der Waals surface area contributed by atoms with Gasteiger partial charge in [0.15, 0.2) is 13.1 Å². The van der Waals surface area contributed by atoms with E-state index in [1.54, 1.807) is 31.4 Å². The molecule has 2 amide bonds. The Morgan fingerprint density at radius 2 is 1.42 bits per heavy atom. The molecule has 0 aliphatic heterocycles. The number of hydrogen-bond donors (Lipinski definition) is 3. The maximum Gasteiger partial charge on any atom is 0.279 e. The number of nitrogens with one attached hydrogen (secondary N) is 3. The Labute approximate surface area is 182 Å². The largest absolute Gasteiger partial charge is 0.497 e. The first kappa shape index (κ1) is 22.1. The fourth-order valence-electron chi connectivity index (χ4n) is 3.30. The molecule has 0 saturated carbocycles. The number of likely N-dealkylation sites (N-methyl/N-ethyl adjacent to an activating group) is 1. The van der Waals surface area contributed by atoms with Crippen molar-refractivity contribution in [2.24, 2.45) is 0 Å². The molecule has 3 N–H and O–H groups in total. The number of para-hydroxylation sites is 1. The molecule has 0 spiro atoms.